The summed E-state index contributed by atoms with van der Waals surface area (Å²) in [7, 11) is 0. The van der Waals surface area contributed by atoms with Crippen molar-refractivity contribution in [3.8, 4) is 5.75 Å². The van der Waals surface area contributed by atoms with Crippen LogP contribution in [-0.4, -0.2) is 59.6 Å². The summed E-state index contributed by atoms with van der Waals surface area (Å²) in [6.07, 6.45) is 6.50. The van der Waals surface area contributed by atoms with Crippen LogP contribution in [0.5, 0.6) is 5.75 Å². The van der Waals surface area contributed by atoms with E-state index in [0.717, 1.165) is 67.8 Å². The number of ether oxygens (including phenoxy) is 1. The minimum Gasteiger partial charge on any atom is -0.492 e. The van der Waals surface area contributed by atoms with Gasteiger partial charge in [0.15, 0.2) is 0 Å². The van der Waals surface area contributed by atoms with Gasteiger partial charge < -0.3 is 19.1 Å². The molecule has 0 atom stereocenters. The van der Waals surface area contributed by atoms with Gasteiger partial charge in [-0.1, -0.05) is 35.9 Å². The number of para-hydroxylation sites is 1. The van der Waals surface area contributed by atoms with Gasteiger partial charge in [-0.2, -0.15) is 0 Å². The average Bonchev–Trinajstić information content (AvgIpc) is 3.57. The van der Waals surface area contributed by atoms with Crippen molar-refractivity contribution < 1.29 is 9.53 Å². The first-order valence-corrected chi connectivity index (χ1v) is 12.5. The van der Waals surface area contributed by atoms with Crippen LogP contribution in [0.1, 0.15) is 41.6 Å². The van der Waals surface area contributed by atoms with Crippen molar-refractivity contribution >= 4 is 28.4 Å². The number of piperidine rings is 1. The molecule has 0 unspecified atom stereocenters. The lowest BCUT2D eigenvalue weighted by molar-refractivity contribution is 0.0648. The summed E-state index contributed by atoms with van der Waals surface area (Å²) in [4.78, 5) is 18.2. The lowest BCUT2D eigenvalue weighted by Crippen LogP contribution is -2.46. The van der Waals surface area contributed by atoms with Crippen LogP contribution in [0.25, 0.3) is 10.9 Å². The number of aromatic nitrogens is 1. The molecule has 33 heavy (non-hydrogen) atoms. The van der Waals surface area contributed by atoms with E-state index in [-0.39, 0.29) is 11.3 Å². The second kappa shape index (κ2) is 8.37. The number of likely N-dealkylation sites (tertiary alicyclic amines) is 2. The summed E-state index contributed by atoms with van der Waals surface area (Å²) >= 11 is 6.34. The number of hydrogen-bond donors (Lipinski definition) is 0. The fourth-order valence-electron chi connectivity index (χ4n) is 5.92. The molecule has 2 aromatic carbocycles. The van der Waals surface area contributed by atoms with Crippen LogP contribution in [-0.2, 0) is 12.0 Å². The highest BCUT2D eigenvalue weighted by Gasteiger charge is 2.43. The molecule has 1 aromatic heterocycles. The summed E-state index contributed by atoms with van der Waals surface area (Å²) in [5.41, 5.74) is 3.20. The van der Waals surface area contributed by atoms with Gasteiger partial charge in [0.2, 0.25) is 0 Å². The third-order valence-electron chi connectivity index (χ3n) is 7.90. The molecule has 1 spiro atoms. The minimum absolute atomic E-state index is 0.0463. The van der Waals surface area contributed by atoms with Gasteiger partial charge in [0.1, 0.15) is 5.75 Å². The van der Waals surface area contributed by atoms with E-state index in [0.29, 0.717) is 5.02 Å². The topological polar surface area (TPSA) is 37.7 Å². The number of halogens is 1. The molecule has 3 aliphatic rings. The number of amides is 1. The lowest BCUT2D eigenvalue weighted by Gasteiger charge is -2.38. The first-order valence-electron chi connectivity index (χ1n) is 12.2. The molecule has 2 fully saturated rings. The van der Waals surface area contributed by atoms with Crippen LogP contribution >= 0.6 is 11.6 Å². The first-order chi connectivity index (χ1) is 16.1. The van der Waals surface area contributed by atoms with Crippen LogP contribution in [0.4, 0.5) is 0 Å². The monoisotopic (exact) mass is 463 g/mol. The van der Waals surface area contributed by atoms with Gasteiger partial charge >= 0.3 is 0 Å². The average molecular weight is 464 g/mol. The smallest absolute Gasteiger partial charge is 0.256 e. The SMILES string of the molecule is O=C(c1cn(CCN2CCCC2)c2cc(Cl)ccc12)N1CCC2(CC1)COc1ccccc12. The highest BCUT2D eigenvalue weighted by molar-refractivity contribution is 6.31. The van der Waals surface area contributed by atoms with Crippen molar-refractivity contribution in [3.63, 3.8) is 0 Å². The van der Waals surface area contributed by atoms with Gasteiger partial charge in [-0.25, -0.2) is 0 Å². The molecule has 0 saturated carbocycles. The Morgan fingerprint density at radius 1 is 1.00 bits per heavy atom. The number of carbonyl (C=O) groups excluding carboxylic acids is 1. The zero-order chi connectivity index (χ0) is 22.4. The maximum Gasteiger partial charge on any atom is 0.256 e. The van der Waals surface area contributed by atoms with E-state index >= 15 is 0 Å². The Kier molecular flexibility index (Phi) is 5.34. The van der Waals surface area contributed by atoms with E-state index in [9.17, 15) is 4.79 Å². The molecule has 6 heteroatoms. The Morgan fingerprint density at radius 2 is 1.79 bits per heavy atom. The summed E-state index contributed by atoms with van der Waals surface area (Å²) in [6, 6.07) is 14.3. The van der Waals surface area contributed by atoms with Crippen molar-refractivity contribution in [2.45, 2.75) is 37.6 Å². The first kappa shape index (κ1) is 21.1. The Labute approximate surface area is 199 Å². The summed E-state index contributed by atoms with van der Waals surface area (Å²) in [5.74, 6) is 1.14. The number of fused-ring (bicyclic) bond motifs is 3. The Morgan fingerprint density at radius 3 is 2.61 bits per heavy atom. The molecule has 172 valence electrons. The summed E-state index contributed by atoms with van der Waals surface area (Å²) < 4.78 is 8.21. The zero-order valence-corrected chi connectivity index (χ0v) is 19.7. The quantitative estimate of drug-likeness (QED) is 0.549. The van der Waals surface area contributed by atoms with Crippen LogP contribution < -0.4 is 4.74 Å². The molecule has 0 N–H and O–H groups in total. The number of benzene rings is 2. The maximum atomic E-state index is 13.7. The lowest BCUT2D eigenvalue weighted by atomic mass is 9.74. The fourth-order valence-corrected chi connectivity index (χ4v) is 6.09. The molecule has 0 radical (unpaired) electrons. The fraction of sp³-hybridized carbons (Fsp3) is 0.444. The summed E-state index contributed by atoms with van der Waals surface area (Å²) in [5, 5.41) is 1.71. The number of carbonyl (C=O) groups is 1. The van der Waals surface area contributed by atoms with Crippen LogP contribution in [0, 0.1) is 0 Å². The van der Waals surface area contributed by atoms with Crippen molar-refractivity contribution in [3.05, 3.63) is 64.8 Å². The second-order valence-corrected chi connectivity index (χ2v) is 10.2. The number of hydrogen-bond acceptors (Lipinski definition) is 3. The highest BCUT2D eigenvalue weighted by atomic mass is 35.5. The summed E-state index contributed by atoms with van der Waals surface area (Å²) in [6.45, 7) is 6.47. The predicted molar refractivity (Wildman–Crippen MR) is 131 cm³/mol. The molecule has 4 heterocycles. The third kappa shape index (κ3) is 3.71. The maximum absolute atomic E-state index is 13.7. The van der Waals surface area contributed by atoms with Crippen molar-refractivity contribution in [1.29, 1.82) is 0 Å². The Hall–Kier alpha value is -2.50. The van der Waals surface area contributed by atoms with Crippen LogP contribution in [0.15, 0.2) is 48.7 Å². The molecule has 0 aliphatic carbocycles. The Bertz CT molecular complexity index is 1190. The van der Waals surface area contributed by atoms with Crippen molar-refractivity contribution in [2.24, 2.45) is 0 Å². The normalized spacial score (nSPS) is 19.8. The largest absolute Gasteiger partial charge is 0.492 e. The Balaban J connectivity index is 1.23. The molecule has 0 bridgehead atoms. The van der Waals surface area contributed by atoms with Gasteiger partial charge in [0, 0.05) is 53.8 Å². The molecular weight excluding hydrogens is 434 g/mol. The van der Waals surface area contributed by atoms with Crippen LogP contribution in [0.2, 0.25) is 5.02 Å². The van der Waals surface area contributed by atoms with Gasteiger partial charge in [-0.15, -0.1) is 0 Å². The minimum atomic E-state index is 0.0463. The van der Waals surface area contributed by atoms with Crippen molar-refractivity contribution in [1.82, 2.24) is 14.4 Å². The highest BCUT2D eigenvalue weighted by Crippen LogP contribution is 2.45. The number of rotatable bonds is 4. The number of nitrogens with zero attached hydrogens (tertiary/aromatic N) is 3. The van der Waals surface area contributed by atoms with Crippen LogP contribution in [0.3, 0.4) is 0 Å². The van der Waals surface area contributed by atoms with E-state index in [1.165, 1.54) is 31.5 Å². The molecule has 3 aromatic rings. The van der Waals surface area contributed by atoms with E-state index < -0.39 is 0 Å². The molecular formula is C27H30ClN3O2. The van der Waals surface area contributed by atoms with Gasteiger partial charge in [0.05, 0.1) is 17.7 Å². The van der Waals surface area contributed by atoms with Gasteiger partial charge in [-0.3, -0.25) is 4.79 Å². The van der Waals surface area contributed by atoms with Crippen molar-refractivity contribution in [2.75, 3.05) is 39.3 Å². The molecule has 2 saturated heterocycles. The zero-order valence-electron chi connectivity index (χ0n) is 18.9. The molecule has 3 aliphatic heterocycles. The molecule has 6 rings (SSSR count). The third-order valence-corrected chi connectivity index (χ3v) is 8.14. The van der Waals surface area contributed by atoms with Gasteiger partial charge in [0.25, 0.3) is 5.91 Å². The predicted octanol–water partition coefficient (Wildman–Crippen LogP) is 4.96. The van der Waals surface area contributed by atoms with E-state index in [1.54, 1.807) is 0 Å². The van der Waals surface area contributed by atoms with E-state index in [4.69, 9.17) is 16.3 Å². The van der Waals surface area contributed by atoms with E-state index in [2.05, 4.69) is 33.9 Å². The molecule has 1 amide bonds. The second-order valence-electron chi connectivity index (χ2n) is 9.80. The van der Waals surface area contributed by atoms with Gasteiger partial charge in [-0.05, 0) is 57.0 Å². The molecule has 5 nitrogen and oxygen atoms in total. The standard InChI is InChI=1S/C27H30ClN3O2/c28-20-7-8-21-22(18-31(24(21)17-20)16-15-29-11-3-4-12-29)26(32)30-13-9-27(10-14-30)19-33-25-6-2-1-5-23(25)27/h1-2,5-8,17-18H,3-4,9-16,19H2. The van der Waals surface area contributed by atoms with E-state index in [1.807, 2.05) is 29.2 Å².